The lowest BCUT2D eigenvalue weighted by Crippen LogP contribution is -2.01. The molecular weight excluding hydrogens is 305 g/mol. The van der Waals surface area contributed by atoms with Gasteiger partial charge in [0.25, 0.3) is 0 Å². The molecule has 0 atom stereocenters. The molecule has 0 radical (unpaired) electrons. The van der Waals surface area contributed by atoms with Crippen molar-refractivity contribution in [3.8, 4) is 11.8 Å². The summed E-state index contributed by atoms with van der Waals surface area (Å²) in [6.07, 6.45) is 1.68. The SMILES string of the molecule is COc1ccc(C#N)c(NCc2cnc(Cl)s2)c1Cl. The van der Waals surface area contributed by atoms with Crippen LogP contribution in [-0.2, 0) is 6.54 Å². The van der Waals surface area contributed by atoms with E-state index in [1.807, 2.05) is 0 Å². The molecule has 7 heteroatoms. The molecule has 0 saturated heterocycles. The van der Waals surface area contributed by atoms with E-state index in [-0.39, 0.29) is 0 Å². The van der Waals surface area contributed by atoms with Crippen LogP contribution in [0.25, 0.3) is 0 Å². The lowest BCUT2D eigenvalue weighted by molar-refractivity contribution is 0.415. The highest BCUT2D eigenvalue weighted by Crippen LogP contribution is 2.35. The van der Waals surface area contributed by atoms with Gasteiger partial charge in [0.15, 0.2) is 4.47 Å². The summed E-state index contributed by atoms with van der Waals surface area (Å²) in [4.78, 5) is 4.90. The number of benzene rings is 1. The number of rotatable bonds is 4. The Labute approximate surface area is 124 Å². The van der Waals surface area contributed by atoms with Gasteiger partial charge in [-0.2, -0.15) is 5.26 Å². The topological polar surface area (TPSA) is 57.9 Å². The van der Waals surface area contributed by atoms with E-state index < -0.39 is 0 Å². The Hall–Kier alpha value is -1.48. The highest BCUT2D eigenvalue weighted by molar-refractivity contribution is 7.15. The van der Waals surface area contributed by atoms with E-state index in [1.165, 1.54) is 18.4 Å². The Morgan fingerprint density at radius 2 is 2.26 bits per heavy atom. The van der Waals surface area contributed by atoms with Crippen molar-refractivity contribution in [2.45, 2.75) is 6.54 Å². The fraction of sp³-hybridized carbons (Fsp3) is 0.167. The third-order valence-corrected chi connectivity index (χ3v) is 3.90. The van der Waals surface area contributed by atoms with Gasteiger partial charge >= 0.3 is 0 Å². The number of hydrogen-bond acceptors (Lipinski definition) is 5. The molecule has 1 N–H and O–H groups in total. The molecule has 19 heavy (non-hydrogen) atoms. The molecule has 1 aromatic carbocycles. The van der Waals surface area contributed by atoms with Crippen LogP contribution in [0.2, 0.25) is 9.49 Å². The van der Waals surface area contributed by atoms with Crippen molar-refractivity contribution >= 4 is 40.2 Å². The first-order valence-electron chi connectivity index (χ1n) is 5.26. The third-order valence-electron chi connectivity index (χ3n) is 2.41. The van der Waals surface area contributed by atoms with Gasteiger partial charge in [0, 0.05) is 11.1 Å². The van der Waals surface area contributed by atoms with Crippen molar-refractivity contribution in [3.63, 3.8) is 0 Å². The van der Waals surface area contributed by atoms with Gasteiger partial charge in [0.1, 0.15) is 16.8 Å². The molecule has 0 aliphatic heterocycles. The van der Waals surface area contributed by atoms with Gasteiger partial charge in [-0.1, -0.05) is 23.2 Å². The van der Waals surface area contributed by atoms with Crippen LogP contribution in [0.4, 0.5) is 5.69 Å². The van der Waals surface area contributed by atoms with Crippen LogP contribution in [0.3, 0.4) is 0 Å². The summed E-state index contributed by atoms with van der Waals surface area (Å²) in [7, 11) is 1.53. The standard InChI is InChI=1S/C12H9Cl2N3OS/c1-18-9-3-2-7(4-15)11(10(9)13)16-5-8-6-17-12(14)19-8/h2-3,6,16H,5H2,1H3. The zero-order valence-corrected chi connectivity index (χ0v) is 12.2. The van der Waals surface area contributed by atoms with Crippen molar-refractivity contribution in [1.82, 2.24) is 4.98 Å². The lowest BCUT2D eigenvalue weighted by atomic mass is 10.2. The first-order chi connectivity index (χ1) is 9.15. The number of ether oxygens (including phenoxy) is 1. The monoisotopic (exact) mass is 313 g/mol. The number of nitrogens with zero attached hydrogens (tertiary/aromatic N) is 2. The number of thiazole rings is 1. The van der Waals surface area contributed by atoms with Gasteiger partial charge in [-0.25, -0.2) is 4.98 Å². The minimum absolute atomic E-state index is 0.386. The largest absolute Gasteiger partial charge is 0.495 e. The van der Waals surface area contributed by atoms with Crippen molar-refractivity contribution < 1.29 is 4.74 Å². The van der Waals surface area contributed by atoms with Gasteiger partial charge in [0.05, 0.1) is 24.9 Å². The molecule has 1 aromatic heterocycles. The van der Waals surface area contributed by atoms with E-state index in [1.54, 1.807) is 18.3 Å². The maximum Gasteiger partial charge on any atom is 0.183 e. The molecule has 0 saturated carbocycles. The molecule has 0 fully saturated rings. The number of methoxy groups -OCH3 is 1. The minimum Gasteiger partial charge on any atom is -0.495 e. The summed E-state index contributed by atoms with van der Waals surface area (Å²) in [5.74, 6) is 0.519. The molecule has 0 spiro atoms. The number of halogens is 2. The van der Waals surface area contributed by atoms with E-state index in [0.717, 1.165) is 4.88 Å². The van der Waals surface area contributed by atoms with Crippen LogP contribution in [0.1, 0.15) is 10.4 Å². The quantitative estimate of drug-likeness (QED) is 0.928. The Balaban J connectivity index is 2.25. The fourth-order valence-electron chi connectivity index (χ4n) is 1.52. The Kier molecular flexibility index (Phi) is 4.48. The predicted octanol–water partition coefficient (Wildman–Crippen LogP) is 3.94. The number of anilines is 1. The van der Waals surface area contributed by atoms with E-state index in [2.05, 4.69) is 16.4 Å². The van der Waals surface area contributed by atoms with Gasteiger partial charge in [-0.3, -0.25) is 0 Å². The van der Waals surface area contributed by atoms with E-state index in [4.69, 9.17) is 33.2 Å². The number of aromatic nitrogens is 1. The van der Waals surface area contributed by atoms with Crippen LogP contribution in [0.15, 0.2) is 18.3 Å². The van der Waals surface area contributed by atoms with Gasteiger partial charge in [-0.15, -0.1) is 11.3 Å². The first-order valence-corrected chi connectivity index (χ1v) is 6.83. The normalized spacial score (nSPS) is 10.0. The van der Waals surface area contributed by atoms with E-state index in [0.29, 0.717) is 33.0 Å². The van der Waals surface area contributed by atoms with E-state index in [9.17, 15) is 0 Å². The molecular formula is C12H9Cl2N3OS. The third kappa shape index (κ3) is 3.10. The summed E-state index contributed by atoms with van der Waals surface area (Å²) in [6, 6.07) is 5.41. The second kappa shape index (κ2) is 6.11. The number of hydrogen-bond donors (Lipinski definition) is 1. The molecule has 2 rings (SSSR count). The van der Waals surface area contributed by atoms with Gasteiger partial charge in [0.2, 0.25) is 0 Å². The maximum atomic E-state index is 9.09. The second-order valence-corrected chi connectivity index (χ2v) is 5.62. The molecule has 0 unspecified atom stereocenters. The average Bonchev–Trinajstić information content (AvgIpc) is 2.82. The maximum absolute atomic E-state index is 9.09. The summed E-state index contributed by atoms with van der Waals surface area (Å²) in [6.45, 7) is 0.492. The summed E-state index contributed by atoms with van der Waals surface area (Å²) < 4.78 is 5.61. The average molecular weight is 314 g/mol. The molecule has 4 nitrogen and oxygen atoms in total. The van der Waals surface area contributed by atoms with Crippen molar-refractivity contribution in [2.75, 3.05) is 12.4 Å². The zero-order valence-electron chi connectivity index (χ0n) is 9.91. The lowest BCUT2D eigenvalue weighted by Gasteiger charge is -2.12. The molecule has 0 amide bonds. The molecule has 2 aromatic rings. The van der Waals surface area contributed by atoms with Crippen LogP contribution >= 0.6 is 34.5 Å². The summed E-state index contributed by atoms with van der Waals surface area (Å²) in [5.41, 5.74) is 1.01. The van der Waals surface area contributed by atoms with E-state index >= 15 is 0 Å². The van der Waals surface area contributed by atoms with Crippen LogP contribution < -0.4 is 10.1 Å². The fourth-order valence-corrected chi connectivity index (χ4v) is 2.75. The Morgan fingerprint density at radius 1 is 1.47 bits per heavy atom. The minimum atomic E-state index is 0.386. The smallest absolute Gasteiger partial charge is 0.183 e. The van der Waals surface area contributed by atoms with Crippen LogP contribution in [-0.4, -0.2) is 12.1 Å². The summed E-state index contributed by atoms with van der Waals surface area (Å²) in [5, 5.41) is 12.6. The van der Waals surface area contributed by atoms with Crippen LogP contribution in [0, 0.1) is 11.3 Å². The second-order valence-electron chi connectivity index (χ2n) is 3.55. The molecule has 0 bridgehead atoms. The molecule has 1 heterocycles. The van der Waals surface area contributed by atoms with Crippen LogP contribution in [0.5, 0.6) is 5.75 Å². The molecule has 0 aliphatic rings. The predicted molar refractivity (Wildman–Crippen MR) is 77.2 cm³/mol. The van der Waals surface area contributed by atoms with Gasteiger partial charge in [-0.05, 0) is 12.1 Å². The highest BCUT2D eigenvalue weighted by atomic mass is 35.5. The Bertz CT molecular complexity index is 636. The Morgan fingerprint density at radius 3 is 2.84 bits per heavy atom. The van der Waals surface area contributed by atoms with Crippen molar-refractivity contribution in [2.24, 2.45) is 0 Å². The summed E-state index contributed by atoms with van der Waals surface area (Å²) >= 11 is 13.3. The molecule has 0 aliphatic carbocycles. The van der Waals surface area contributed by atoms with Gasteiger partial charge < -0.3 is 10.1 Å². The molecule has 98 valence electrons. The van der Waals surface area contributed by atoms with Crippen molar-refractivity contribution in [3.05, 3.63) is 38.3 Å². The zero-order chi connectivity index (χ0) is 13.8. The number of nitriles is 1. The number of nitrogens with one attached hydrogen (secondary N) is 1. The highest BCUT2D eigenvalue weighted by Gasteiger charge is 2.12. The first kappa shape index (κ1) is 13.9. The van der Waals surface area contributed by atoms with Crippen molar-refractivity contribution in [1.29, 1.82) is 5.26 Å².